The van der Waals surface area contributed by atoms with E-state index in [1.165, 1.54) is 11.0 Å². The number of piperidine rings is 1. The largest absolute Gasteiger partial charge is 0.346 e. The number of ketones is 1. The number of likely N-dealkylation sites (tertiary alicyclic amines) is 1. The minimum Gasteiger partial charge on any atom is -0.346 e. The van der Waals surface area contributed by atoms with Gasteiger partial charge in [0.05, 0.1) is 22.1 Å². The summed E-state index contributed by atoms with van der Waals surface area (Å²) in [6.07, 6.45) is 7.48. The van der Waals surface area contributed by atoms with Gasteiger partial charge in [-0.15, -0.1) is 6.58 Å². The SMILES string of the molecule is C=CCNC(=O)C(=O)C(CC1CC1)NC(=O)[C@@H]1CC(C)(C)C(C)CN1C(=O)[C@@H](NC(=O)NC1(CS(=O)(=O)C(C)(C)C)CCCCC1)C(C)(C)C. The average molecular weight is 722 g/mol. The van der Waals surface area contributed by atoms with Crippen LogP contribution in [0.15, 0.2) is 12.7 Å². The molecule has 2 unspecified atom stereocenters. The van der Waals surface area contributed by atoms with Crippen molar-refractivity contribution in [3.8, 4) is 0 Å². The first-order chi connectivity index (χ1) is 22.9. The molecule has 5 amide bonds. The van der Waals surface area contributed by atoms with Crippen molar-refractivity contribution < 1.29 is 32.4 Å². The number of hydrogen-bond donors (Lipinski definition) is 4. The molecule has 0 aromatic heterocycles. The lowest BCUT2D eigenvalue weighted by molar-refractivity contribution is -0.151. The van der Waals surface area contributed by atoms with Crippen LogP contribution in [0, 0.1) is 22.7 Å². The maximum absolute atomic E-state index is 14.6. The fourth-order valence-electron chi connectivity index (χ4n) is 6.89. The Morgan fingerprint density at radius 2 is 1.56 bits per heavy atom. The maximum atomic E-state index is 14.6. The number of carbonyl (C=O) groups is 5. The number of nitrogens with one attached hydrogen (secondary N) is 4. The topological polar surface area (TPSA) is 171 Å². The molecule has 13 heteroatoms. The Kier molecular flexibility index (Phi) is 13.0. The quantitative estimate of drug-likeness (QED) is 0.164. The first-order valence-corrected chi connectivity index (χ1v) is 19.9. The van der Waals surface area contributed by atoms with Gasteiger partial charge in [-0.3, -0.25) is 19.2 Å². The van der Waals surface area contributed by atoms with Crippen molar-refractivity contribution in [2.45, 2.75) is 149 Å². The van der Waals surface area contributed by atoms with E-state index in [0.29, 0.717) is 25.7 Å². The molecule has 1 heterocycles. The van der Waals surface area contributed by atoms with Gasteiger partial charge in [0.1, 0.15) is 12.1 Å². The van der Waals surface area contributed by atoms with E-state index < -0.39 is 73.2 Å². The lowest BCUT2D eigenvalue weighted by Gasteiger charge is -2.49. The highest BCUT2D eigenvalue weighted by molar-refractivity contribution is 7.92. The van der Waals surface area contributed by atoms with Crippen LogP contribution < -0.4 is 21.3 Å². The third kappa shape index (κ3) is 10.5. The fourth-order valence-corrected chi connectivity index (χ4v) is 8.41. The Balaban J connectivity index is 1.89. The zero-order valence-electron chi connectivity index (χ0n) is 31.9. The van der Waals surface area contributed by atoms with E-state index in [0.717, 1.165) is 32.1 Å². The summed E-state index contributed by atoms with van der Waals surface area (Å²) in [7, 11) is -3.57. The Bertz CT molecular complexity index is 1400. The summed E-state index contributed by atoms with van der Waals surface area (Å²) >= 11 is 0. The third-order valence-electron chi connectivity index (χ3n) is 11.0. The van der Waals surface area contributed by atoms with E-state index in [2.05, 4.69) is 27.8 Å². The van der Waals surface area contributed by atoms with Crippen LogP contribution in [0.4, 0.5) is 4.79 Å². The van der Waals surface area contributed by atoms with Crippen LogP contribution in [0.5, 0.6) is 0 Å². The van der Waals surface area contributed by atoms with E-state index in [1.807, 2.05) is 41.5 Å². The monoisotopic (exact) mass is 721 g/mol. The standard InChI is InChI=1S/C37H63N5O7S/c1-11-19-38-31(45)28(43)26(20-25-15-16-25)39-30(44)27-21-36(9,10)24(2)22-42(27)32(46)29(34(3,4)5)40-33(47)41-37(17-13-12-14-18-37)23-50(48,49)35(6,7)8/h11,24-27,29H,1,12-23H2,2-10H3,(H,38,45)(H,39,44)(H2,40,41,47)/t24?,26?,27-,29+/m0/s1. The molecule has 3 aliphatic rings. The van der Waals surface area contributed by atoms with E-state index in [1.54, 1.807) is 20.8 Å². The maximum Gasteiger partial charge on any atom is 0.315 e. The van der Waals surface area contributed by atoms with E-state index in [4.69, 9.17) is 0 Å². The normalized spacial score (nSPS) is 23.5. The van der Waals surface area contributed by atoms with Gasteiger partial charge in [0.15, 0.2) is 9.84 Å². The van der Waals surface area contributed by atoms with Crippen molar-refractivity contribution >= 4 is 39.4 Å². The summed E-state index contributed by atoms with van der Waals surface area (Å²) < 4.78 is 25.7. The molecule has 3 fully saturated rings. The first kappa shape index (κ1) is 41.5. The molecule has 3 rings (SSSR count). The Hall–Kier alpha value is -2.96. The van der Waals surface area contributed by atoms with Crippen LogP contribution in [-0.4, -0.2) is 90.1 Å². The van der Waals surface area contributed by atoms with Gasteiger partial charge in [-0.25, -0.2) is 13.2 Å². The first-order valence-electron chi connectivity index (χ1n) is 18.3. The van der Waals surface area contributed by atoms with Crippen molar-refractivity contribution in [1.29, 1.82) is 0 Å². The molecule has 2 aliphatic carbocycles. The lowest BCUT2D eigenvalue weighted by Crippen LogP contribution is -2.66. The molecule has 1 aliphatic heterocycles. The second-order valence-electron chi connectivity index (χ2n) is 17.8. The number of amides is 5. The zero-order chi connectivity index (χ0) is 37.9. The highest BCUT2D eigenvalue weighted by atomic mass is 32.2. The van der Waals surface area contributed by atoms with Crippen LogP contribution >= 0.6 is 0 Å². The van der Waals surface area contributed by atoms with Crippen LogP contribution in [0.25, 0.3) is 0 Å². The van der Waals surface area contributed by atoms with E-state index in [-0.39, 0.29) is 36.1 Å². The van der Waals surface area contributed by atoms with Crippen molar-refractivity contribution in [1.82, 2.24) is 26.2 Å². The van der Waals surface area contributed by atoms with Crippen LogP contribution in [-0.2, 0) is 29.0 Å². The van der Waals surface area contributed by atoms with Gasteiger partial charge in [0, 0.05) is 13.1 Å². The lowest BCUT2D eigenvalue weighted by atomic mass is 9.71. The third-order valence-corrected chi connectivity index (χ3v) is 13.8. The molecular weight excluding hydrogens is 659 g/mol. The molecule has 1 saturated heterocycles. The average Bonchev–Trinajstić information content (AvgIpc) is 3.81. The van der Waals surface area contributed by atoms with Crippen LogP contribution in [0.1, 0.15) is 120 Å². The smallest absolute Gasteiger partial charge is 0.315 e. The highest BCUT2D eigenvalue weighted by Gasteiger charge is 2.49. The molecule has 284 valence electrons. The molecule has 2 saturated carbocycles. The number of urea groups is 1. The summed E-state index contributed by atoms with van der Waals surface area (Å²) in [5.74, 6) is -2.44. The molecule has 0 spiro atoms. The highest BCUT2D eigenvalue weighted by Crippen LogP contribution is 2.40. The molecule has 4 atom stereocenters. The molecule has 0 radical (unpaired) electrons. The summed E-state index contributed by atoms with van der Waals surface area (Å²) in [6, 6.07) is -3.66. The minimum atomic E-state index is -3.57. The van der Waals surface area contributed by atoms with Gasteiger partial charge >= 0.3 is 6.03 Å². The number of hydrogen-bond acceptors (Lipinski definition) is 7. The number of sulfone groups is 1. The summed E-state index contributed by atoms with van der Waals surface area (Å²) in [4.78, 5) is 69.8. The summed E-state index contributed by atoms with van der Waals surface area (Å²) in [5, 5.41) is 11.2. The zero-order valence-corrected chi connectivity index (χ0v) is 32.7. The predicted octanol–water partition coefficient (Wildman–Crippen LogP) is 4.04. The minimum absolute atomic E-state index is 0.00614. The van der Waals surface area contributed by atoms with Crippen LogP contribution in [0.3, 0.4) is 0 Å². The second kappa shape index (κ2) is 15.7. The molecule has 50 heavy (non-hydrogen) atoms. The van der Waals surface area contributed by atoms with Gasteiger partial charge < -0.3 is 26.2 Å². The van der Waals surface area contributed by atoms with Crippen molar-refractivity contribution in [2.24, 2.45) is 22.7 Å². The molecular formula is C37H63N5O7S. The van der Waals surface area contributed by atoms with Crippen molar-refractivity contribution in [3.63, 3.8) is 0 Å². The molecule has 12 nitrogen and oxygen atoms in total. The van der Waals surface area contributed by atoms with E-state index >= 15 is 0 Å². The summed E-state index contributed by atoms with van der Waals surface area (Å²) in [6.45, 7) is 20.5. The van der Waals surface area contributed by atoms with Gasteiger partial charge in [0.2, 0.25) is 17.6 Å². The Morgan fingerprint density at radius 1 is 0.960 bits per heavy atom. The molecule has 0 aromatic carbocycles. The number of rotatable bonds is 13. The van der Waals surface area contributed by atoms with Crippen LogP contribution in [0.2, 0.25) is 0 Å². The van der Waals surface area contributed by atoms with Crippen molar-refractivity contribution in [2.75, 3.05) is 18.8 Å². The Labute approximate surface area is 300 Å². The molecule has 0 bridgehead atoms. The Morgan fingerprint density at radius 3 is 2.08 bits per heavy atom. The van der Waals surface area contributed by atoms with Gasteiger partial charge in [-0.05, 0) is 69.1 Å². The number of nitrogens with zero attached hydrogens (tertiary/aromatic N) is 1. The van der Waals surface area contributed by atoms with Crippen molar-refractivity contribution in [3.05, 3.63) is 12.7 Å². The van der Waals surface area contributed by atoms with Gasteiger partial charge in [-0.2, -0.15) is 0 Å². The number of Topliss-reactive ketones (excluding diaryl/α,β-unsaturated/α-hetero) is 1. The predicted molar refractivity (Wildman–Crippen MR) is 195 cm³/mol. The fraction of sp³-hybridized carbons (Fsp3) is 0.811. The molecule has 4 N–H and O–H groups in total. The molecule has 0 aromatic rings. The van der Waals surface area contributed by atoms with Gasteiger partial charge in [0.25, 0.3) is 5.91 Å². The summed E-state index contributed by atoms with van der Waals surface area (Å²) in [5.41, 5.74) is -2.08. The van der Waals surface area contributed by atoms with E-state index in [9.17, 15) is 32.4 Å². The second-order valence-corrected chi connectivity index (χ2v) is 20.6. The van der Waals surface area contributed by atoms with Gasteiger partial charge in [-0.1, -0.05) is 79.7 Å². The number of carbonyl (C=O) groups excluding carboxylic acids is 5.